The molecule has 0 aliphatic heterocycles. The van der Waals surface area contributed by atoms with Crippen molar-refractivity contribution in [1.82, 2.24) is 0 Å². The Labute approximate surface area is 56.1 Å². The molecule has 0 aromatic heterocycles. The number of hydrogen-bond acceptors (Lipinski definition) is 1. The largest absolute Gasteiger partial charge is 0.299 e. The first-order chi connectivity index (χ1) is 4.31. The molecular weight excluding hydrogens is 112 g/mol. The van der Waals surface area contributed by atoms with Gasteiger partial charge in [-0.15, -0.1) is 13.2 Å². The lowest BCUT2D eigenvalue weighted by Crippen LogP contribution is -1.92. The van der Waals surface area contributed by atoms with Crippen LogP contribution in [-0.2, 0) is 4.79 Å². The molecule has 0 aliphatic rings. The zero-order valence-electron chi connectivity index (χ0n) is 5.60. The first kappa shape index (κ1) is 8.15. The predicted octanol–water partition coefficient (Wildman–Crippen LogP) is 2.10. The SMILES string of the molecule is C=CCCC(=O)CC=C. The summed E-state index contributed by atoms with van der Waals surface area (Å²) < 4.78 is 0. The molecule has 0 aromatic rings. The van der Waals surface area contributed by atoms with Gasteiger partial charge in [0, 0.05) is 12.8 Å². The summed E-state index contributed by atoms with van der Waals surface area (Å²) in [4.78, 5) is 10.7. The molecule has 0 saturated heterocycles. The van der Waals surface area contributed by atoms with E-state index in [-0.39, 0.29) is 5.78 Å². The van der Waals surface area contributed by atoms with E-state index in [1.807, 2.05) is 0 Å². The summed E-state index contributed by atoms with van der Waals surface area (Å²) in [5.41, 5.74) is 0. The Bertz CT molecular complexity index is 114. The molecule has 0 N–H and O–H groups in total. The van der Waals surface area contributed by atoms with Crippen LogP contribution in [0.4, 0.5) is 0 Å². The Balaban J connectivity index is 3.26. The van der Waals surface area contributed by atoms with Crippen molar-refractivity contribution in [3.8, 4) is 0 Å². The van der Waals surface area contributed by atoms with Gasteiger partial charge in [0.05, 0.1) is 0 Å². The second-order valence-corrected chi connectivity index (χ2v) is 1.86. The van der Waals surface area contributed by atoms with Gasteiger partial charge in [-0.05, 0) is 6.42 Å². The monoisotopic (exact) mass is 124 g/mol. The lowest BCUT2D eigenvalue weighted by molar-refractivity contribution is -0.118. The van der Waals surface area contributed by atoms with Crippen molar-refractivity contribution in [3.63, 3.8) is 0 Å². The molecule has 0 aliphatic carbocycles. The number of ketones is 1. The summed E-state index contributed by atoms with van der Waals surface area (Å²) in [5, 5.41) is 0. The summed E-state index contributed by atoms with van der Waals surface area (Å²) in [6.07, 6.45) is 5.27. The summed E-state index contributed by atoms with van der Waals surface area (Å²) in [7, 11) is 0. The Morgan fingerprint density at radius 3 is 2.44 bits per heavy atom. The van der Waals surface area contributed by atoms with Crippen LogP contribution in [0.2, 0.25) is 0 Å². The van der Waals surface area contributed by atoms with E-state index in [4.69, 9.17) is 0 Å². The molecule has 0 rings (SSSR count). The highest BCUT2D eigenvalue weighted by Crippen LogP contribution is 1.94. The fraction of sp³-hybridized carbons (Fsp3) is 0.375. The zero-order valence-corrected chi connectivity index (χ0v) is 5.60. The molecule has 50 valence electrons. The highest BCUT2D eigenvalue weighted by Gasteiger charge is 1.94. The summed E-state index contributed by atoms with van der Waals surface area (Å²) in [5.74, 6) is 0.241. The van der Waals surface area contributed by atoms with Crippen molar-refractivity contribution in [2.45, 2.75) is 19.3 Å². The molecule has 1 nitrogen and oxygen atoms in total. The van der Waals surface area contributed by atoms with Crippen LogP contribution < -0.4 is 0 Å². The van der Waals surface area contributed by atoms with Gasteiger partial charge in [0.25, 0.3) is 0 Å². The van der Waals surface area contributed by atoms with E-state index in [1.54, 1.807) is 12.2 Å². The van der Waals surface area contributed by atoms with E-state index in [1.165, 1.54) is 0 Å². The molecule has 0 spiro atoms. The average molecular weight is 124 g/mol. The molecule has 0 bridgehead atoms. The third kappa shape index (κ3) is 5.01. The Kier molecular flexibility index (Phi) is 4.79. The van der Waals surface area contributed by atoms with Crippen molar-refractivity contribution in [1.29, 1.82) is 0 Å². The number of Topliss-reactive ketones (excluding diaryl/α,β-unsaturated/α-hetero) is 1. The van der Waals surface area contributed by atoms with Crippen molar-refractivity contribution in [2.75, 3.05) is 0 Å². The topological polar surface area (TPSA) is 17.1 Å². The number of carbonyl (C=O) groups excluding carboxylic acids is 1. The Morgan fingerprint density at radius 1 is 1.33 bits per heavy atom. The maximum Gasteiger partial charge on any atom is 0.136 e. The molecule has 1 heteroatoms. The van der Waals surface area contributed by atoms with Crippen LogP contribution in [-0.4, -0.2) is 5.78 Å². The molecule has 0 fully saturated rings. The molecule has 0 heterocycles. The highest BCUT2D eigenvalue weighted by molar-refractivity contribution is 5.79. The summed E-state index contributed by atoms with van der Waals surface area (Å²) >= 11 is 0. The molecule has 0 saturated carbocycles. The van der Waals surface area contributed by atoms with Crippen LogP contribution in [0.5, 0.6) is 0 Å². The van der Waals surface area contributed by atoms with Crippen molar-refractivity contribution < 1.29 is 4.79 Å². The molecule has 0 atom stereocenters. The standard InChI is InChI=1S/C8H12O/c1-3-5-7-8(9)6-4-2/h3-4H,1-2,5-7H2. The Morgan fingerprint density at radius 2 is 2.00 bits per heavy atom. The van der Waals surface area contributed by atoms with Crippen LogP contribution in [0.3, 0.4) is 0 Å². The fourth-order valence-electron chi connectivity index (χ4n) is 0.526. The minimum atomic E-state index is 0.241. The fourth-order valence-corrected chi connectivity index (χ4v) is 0.526. The van der Waals surface area contributed by atoms with E-state index in [9.17, 15) is 4.79 Å². The summed E-state index contributed by atoms with van der Waals surface area (Å²) in [6, 6.07) is 0. The first-order valence-electron chi connectivity index (χ1n) is 3.04. The van der Waals surface area contributed by atoms with Crippen LogP contribution in [0.25, 0.3) is 0 Å². The molecule has 0 aromatic carbocycles. The van der Waals surface area contributed by atoms with Gasteiger partial charge in [-0.3, -0.25) is 4.79 Å². The lowest BCUT2D eigenvalue weighted by atomic mass is 10.2. The lowest BCUT2D eigenvalue weighted by Gasteiger charge is -1.89. The van der Waals surface area contributed by atoms with Gasteiger partial charge in [-0.2, -0.15) is 0 Å². The maximum atomic E-state index is 10.7. The minimum Gasteiger partial charge on any atom is -0.299 e. The van der Waals surface area contributed by atoms with Gasteiger partial charge in [-0.1, -0.05) is 12.2 Å². The quantitative estimate of drug-likeness (QED) is 0.513. The maximum absolute atomic E-state index is 10.7. The van der Waals surface area contributed by atoms with E-state index in [0.717, 1.165) is 6.42 Å². The van der Waals surface area contributed by atoms with Crippen molar-refractivity contribution in [2.24, 2.45) is 0 Å². The smallest absolute Gasteiger partial charge is 0.136 e. The second kappa shape index (κ2) is 5.29. The zero-order chi connectivity index (χ0) is 7.11. The van der Waals surface area contributed by atoms with Crippen molar-refractivity contribution in [3.05, 3.63) is 25.3 Å². The Hall–Kier alpha value is -0.850. The third-order valence-corrected chi connectivity index (χ3v) is 0.999. The van der Waals surface area contributed by atoms with E-state index in [2.05, 4.69) is 13.2 Å². The van der Waals surface area contributed by atoms with Gasteiger partial charge in [0.2, 0.25) is 0 Å². The summed E-state index contributed by atoms with van der Waals surface area (Å²) in [6.45, 7) is 6.98. The minimum absolute atomic E-state index is 0.241. The van der Waals surface area contributed by atoms with Crippen LogP contribution >= 0.6 is 0 Å². The molecule has 9 heavy (non-hydrogen) atoms. The molecule has 0 unspecified atom stereocenters. The van der Waals surface area contributed by atoms with Gasteiger partial charge >= 0.3 is 0 Å². The van der Waals surface area contributed by atoms with Crippen LogP contribution in [0.1, 0.15) is 19.3 Å². The number of allylic oxidation sites excluding steroid dienone is 2. The third-order valence-electron chi connectivity index (χ3n) is 0.999. The highest BCUT2D eigenvalue weighted by atomic mass is 16.1. The van der Waals surface area contributed by atoms with Crippen LogP contribution in [0, 0.1) is 0 Å². The number of carbonyl (C=O) groups is 1. The predicted molar refractivity (Wildman–Crippen MR) is 39.3 cm³/mol. The molecule has 0 amide bonds. The normalized spacial score (nSPS) is 8.44. The average Bonchev–Trinajstić information content (AvgIpc) is 1.85. The van der Waals surface area contributed by atoms with E-state index >= 15 is 0 Å². The van der Waals surface area contributed by atoms with E-state index in [0.29, 0.717) is 12.8 Å². The second-order valence-electron chi connectivity index (χ2n) is 1.86. The number of hydrogen-bond donors (Lipinski definition) is 0. The molecule has 0 radical (unpaired) electrons. The van der Waals surface area contributed by atoms with Crippen LogP contribution in [0.15, 0.2) is 25.3 Å². The number of rotatable bonds is 5. The van der Waals surface area contributed by atoms with Gasteiger partial charge in [-0.25, -0.2) is 0 Å². The van der Waals surface area contributed by atoms with E-state index < -0.39 is 0 Å². The first-order valence-corrected chi connectivity index (χ1v) is 3.04. The van der Waals surface area contributed by atoms with Crippen molar-refractivity contribution >= 4 is 5.78 Å². The van der Waals surface area contributed by atoms with Gasteiger partial charge in [0.15, 0.2) is 0 Å². The van der Waals surface area contributed by atoms with Gasteiger partial charge in [0.1, 0.15) is 5.78 Å². The van der Waals surface area contributed by atoms with Gasteiger partial charge < -0.3 is 0 Å². The molecular formula is C8H12O.